The number of hydrogen-bond acceptors (Lipinski definition) is 5. The van der Waals surface area contributed by atoms with Crippen LogP contribution < -0.4 is 15.6 Å². The minimum atomic E-state index is -0.348. The van der Waals surface area contributed by atoms with Crippen LogP contribution in [0.15, 0.2) is 59.4 Å². The first-order valence-corrected chi connectivity index (χ1v) is 9.99. The van der Waals surface area contributed by atoms with Crippen molar-refractivity contribution in [1.82, 2.24) is 20.5 Å². The van der Waals surface area contributed by atoms with Crippen LogP contribution in [0.25, 0.3) is 11.4 Å². The summed E-state index contributed by atoms with van der Waals surface area (Å²) in [5.41, 5.74) is 1.62. The Morgan fingerprint density at radius 1 is 1.07 bits per heavy atom. The summed E-state index contributed by atoms with van der Waals surface area (Å²) in [6.45, 7) is 5.81. The van der Waals surface area contributed by atoms with Gasteiger partial charge < -0.3 is 15.0 Å². The number of H-pyrrole nitrogens is 1. The van der Waals surface area contributed by atoms with E-state index in [2.05, 4.69) is 20.5 Å². The average molecular weight is 406 g/mol. The number of benzene rings is 2. The lowest BCUT2D eigenvalue weighted by Crippen LogP contribution is -2.28. The maximum atomic E-state index is 12.4. The van der Waals surface area contributed by atoms with Crippen LogP contribution in [0.2, 0.25) is 0 Å². The van der Waals surface area contributed by atoms with Crippen molar-refractivity contribution in [2.45, 2.75) is 45.8 Å². The predicted octanol–water partition coefficient (Wildman–Crippen LogP) is 3.43. The van der Waals surface area contributed by atoms with Gasteiger partial charge >= 0.3 is 0 Å². The second-order valence-electron chi connectivity index (χ2n) is 7.34. The number of hydrogen-bond donors (Lipinski definition) is 2. The number of ether oxygens (including phenoxy) is 1. The first kappa shape index (κ1) is 21.2. The van der Waals surface area contributed by atoms with Crippen LogP contribution >= 0.6 is 0 Å². The van der Waals surface area contributed by atoms with Gasteiger partial charge in [-0.25, -0.2) is 0 Å². The molecule has 1 heterocycles. The lowest BCUT2D eigenvalue weighted by Gasteiger charge is -2.14. The van der Waals surface area contributed by atoms with Crippen LogP contribution in [0.5, 0.6) is 5.75 Å². The number of carbonyl (C=O) groups excluding carboxylic acids is 1. The van der Waals surface area contributed by atoms with Crippen LogP contribution in [0.3, 0.4) is 0 Å². The standard InChI is InChI=1S/C23H26N4O3/c1-15(2)30-19-11-7-10-18(14-19)22-25-23(29)20(26-27-22)12-13-21(28)24-16(3)17-8-5-4-6-9-17/h4-11,14-16H,12-13H2,1-3H3,(H,24,28)(H,25,27,29)/t16-/m1/s1. The molecule has 1 amide bonds. The summed E-state index contributed by atoms with van der Waals surface area (Å²) in [6.07, 6.45) is 0.418. The summed E-state index contributed by atoms with van der Waals surface area (Å²) in [4.78, 5) is 27.4. The Morgan fingerprint density at radius 3 is 2.53 bits per heavy atom. The second-order valence-corrected chi connectivity index (χ2v) is 7.34. The number of aryl methyl sites for hydroxylation is 1. The Labute approximate surface area is 175 Å². The highest BCUT2D eigenvalue weighted by Crippen LogP contribution is 2.20. The number of carbonyl (C=O) groups is 1. The van der Waals surface area contributed by atoms with Crippen molar-refractivity contribution < 1.29 is 9.53 Å². The SMILES string of the molecule is CC(C)Oc1cccc(-c2nnc(CCC(=O)N[C@H](C)c3ccccc3)c(=O)[nH]2)c1. The largest absolute Gasteiger partial charge is 0.491 e. The summed E-state index contributed by atoms with van der Waals surface area (Å²) in [5, 5.41) is 11.1. The van der Waals surface area contributed by atoms with Gasteiger partial charge in [-0.05, 0) is 38.5 Å². The minimum absolute atomic E-state index is 0.0449. The van der Waals surface area contributed by atoms with Crippen molar-refractivity contribution in [3.8, 4) is 17.1 Å². The molecule has 0 bridgehead atoms. The number of aromatic amines is 1. The lowest BCUT2D eigenvalue weighted by atomic mass is 10.1. The Balaban J connectivity index is 1.62. The van der Waals surface area contributed by atoms with E-state index in [1.165, 1.54) is 0 Å². The summed E-state index contributed by atoms with van der Waals surface area (Å²) in [6, 6.07) is 16.9. The first-order valence-electron chi connectivity index (χ1n) is 9.99. The molecule has 0 saturated heterocycles. The Kier molecular flexibility index (Phi) is 6.95. The number of nitrogens with one attached hydrogen (secondary N) is 2. The highest BCUT2D eigenvalue weighted by molar-refractivity contribution is 5.76. The van der Waals surface area contributed by atoms with Gasteiger partial charge in [-0.2, -0.15) is 0 Å². The van der Waals surface area contributed by atoms with Crippen molar-refractivity contribution in [3.05, 3.63) is 76.2 Å². The number of rotatable bonds is 8. The van der Waals surface area contributed by atoms with Crippen LogP contribution in [-0.2, 0) is 11.2 Å². The molecular formula is C23H26N4O3. The van der Waals surface area contributed by atoms with Crippen molar-refractivity contribution in [2.24, 2.45) is 0 Å². The van der Waals surface area contributed by atoms with Crippen LogP contribution in [0, 0.1) is 0 Å². The van der Waals surface area contributed by atoms with Gasteiger partial charge in [-0.15, -0.1) is 10.2 Å². The molecule has 1 aromatic heterocycles. The zero-order valence-corrected chi connectivity index (χ0v) is 17.4. The molecule has 0 unspecified atom stereocenters. The third kappa shape index (κ3) is 5.76. The van der Waals surface area contributed by atoms with Crippen molar-refractivity contribution in [3.63, 3.8) is 0 Å². The molecule has 0 saturated carbocycles. The van der Waals surface area contributed by atoms with E-state index in [1.54, 1.807) is 6.07 Å². The summed E-state index contributed by atoms with van der Waals surface area (Å²) < 4.78 is 5.67. The third-order valence-corrected chi connectivity index (χ3v) is 4.51. The number of amides is 1. The zero-order chi connectivity index (χ0) is 21.5. The third-order valence-electron chi connectivity index (χ3n) is 4.51. The summed E-state index contributed by atoms with van der Waals surface area (Å²) >= 11 is 0. The normalized spacial score (nSPS) is 11.9. The molecule has 7 heteroatoms. The van der Waals surface area contributed by atoms with Gasteiger partial charge in [-0.3, -0.25) is 9.59 Å². The minimum Gasteiger partial charge on any atom is -0.491 e. The highest BCUT2D eigenvalue weighted by Gasteiger charge is 2.12. The van der Waals surface area contributed by atoms with E-state index in [4.69, 9.17) is 4.74 Å². The topological polar surface area (TPSA) is 97.0 Å². The van der Waals surface area contributed by atoms with E-state index in [0.29, 0.717) is 17.1 Å². The molecule has 0 aliphatic rings. The molecular weight excluding hydrogens is 380 g/mol. The van der Waals surface area contributed by atoms with Gasteiger partial charge in [0.1, 0.15) is 11.4 Å². The fourth-order valence-corrected chi connectivity index (χ4v) is 3.01. The molecule has 1 atom stereocenters. The van der Waals surface area contributed by atoms with Gasteiger partial charge in [0.25, 0.3) is 5.56 Å². The van der Waals surface area contributed by atoms with E-state index in [9.17, 15) is 9.59 Å². The molecule has 7 nitrogen and oxygen atoms in total. The van der Waals surface area contributed by atoms with Crippen molar-refractivity contribution >= 4 is 5.91 Å². The number of aromatic nitrogens is 3. The van der Waals surface area contributed by atoms with Gasteiger partial charge in [0, 0.05) is 18.4 Å². The highest BCUT2D eigenvalue weighted by atomic mass is 16.5. The maximum absolute atomic E-state index is 12.4. The van der Waals surface area contributed by atoms with Crippen LogP contribution in [0.4, 0.5) is 0 Å². The molecule has 0 spiro atoms. The molecule has 156 valence electrons. The molecule has 3 rings (SSSR count). The zero-order valence-electron chi connectivity index (χ0n) is 17.4. The van der Waals surface area contributed by atoms with E-state index in [-0.39, 0.29) is 42.1 Å². The molecule has 0 fully saturated rings. The Morgan fingerprint density at radius 2 is 1.83 bits per heavy atom. The van der Waals surface area contributed by atoms with Gasteiger partial charge in [0.2, 0.25) is 5.91 Å². The fourth-order valence-electron chi connectivity index (χ4n) is 3.01. The van der Waals surface area contributed by atoms with Gasteiger partial charge in [0.15, 0.2) is 5.82 Å². The summed E-state index contributed by atoms with van der Waals surface area (Å²) in [7, 11) is 0. The summed E-state index contributed by atoms with van der Waals surface area (Å²) in [5.74, 6) is 0.911. The second kappa shape index (κ2) is 9.82. The van der Waals surface area contributed by atoms with Crippen molar-refractivity contribution in [2.75, 3.05) is 0 Å². The maximum Gasteiger partial charge on any atom is 0.273 e. The van der Waals surface area contributed by atoms with Gasteiger partial charge in [0.05, 0.1) is 12.1 Å². The molecule has 2 N–H and O–H groups in total. The first-order chi connectivity index (χ1) is 14.4. The molecule has 2 aromatic carbocycles. The monoisotopic (exact) mass is 406 g/mol. The van der Waals surface area contributed by atoms with E-state index in [1.807, 2.05) is 69.3 Å². The van der Waals surface area contributed by atoms with Crippen molar-refractivity contribution in [1.29, 1.82) is 0 Å². The Bertz CT molecular complexity index is 1050. The molecule has 3 aromatic rings. The van der Waals surface area contributed by atoms with Crippen LogP contribution in [0.1, 0.15) is 44.5 Å². The molecule has 30 heavy (non-hydrogen) atoms. The molecule has 0 radical (unpaired) electrons. The predicted molar refractivity (Wildman–Crippen MR) is 115 cm³/mol. The molecule has 0 aliphatic carbocycles. The van der Waals surface area contributed by atoms with E-state index >= 15 is 0 Å². The number of nitrogens with zero attached hydrogens (tertiary/aromatic N) is 2. The smallest absolute Gasteiger partial charge is 0.273 e. The average Bonchev–Trinajstić information content (AvgIpc) is 2.73. The quantitative estimate of drug-likeness (QED) is 0.597. The van der Waals surface area contributed by atoms with Crippen LogP contribution in [-0.4, -0.2) is 27.2 Å². The fraction of sp³-hybridized carbons (Fsp3) is 0.304. The van der Waals surface area contributed by atoms with E-state index < -0.39 is 0 Å². The lowest BCUT2D eigenvalue weighted by molar-refractivity contribution is -0.121. The molecule has 0 aliphatic heterocycles. The van der Waals surface area contributed by atoms with Gasteiger partial charge in [-0.1, -0.05) is 42.5 Å². The Hall–Kier alpha value is -3.48. The van der Waals surface area contributed by atoms with E-state index in [0.717, 1.165) is 5.56 Å².